The van der Waals surface area contributed by atoms with Crippen molar-refractivity contribution in [1.82, 2.24) is 15.5 Å². The van der Waals surface area contributed by atoms with E-state index in [0.29, 0.717) is 18.2 Å². The van der Waals surface area contributed by atoms with Gasteiger partial charge in [-0.1, -0.05) is 35.2 Å². The van der Waals surface area contributed by atoms with Crippen LogP contribution in [-0.4, -0.2) is 27.9 Å². The van der Waals surface area contributed by atoms with Gasteiger partial charge in [-0.05, 0) is 37.0 Å². The lowest BCUT2D eigenvalue weighted by Crippen LogP contribution is -2.24. The second kappa shape index (κ2) is 7.27. The molecule has 3 rings (SSSR count). The summed E-state index contributed by atoms with van der Waals surface area (Å²) in [4.78, 5) is 11.9. The predicted octanol–water partition coefficient (Wildman–Crippen LogP) is 2.97. The fraction of sp³-hybridized carbons (Fsp3) is 0.400. The van der Waals surface area contributed by atoms with Gasteiger partial charge in [-0.3, -0.25) is 4.79 Å². The highest BCUT2D eigenvalue weighted by Crippen LogP contribution is 2.30. The molecule has 0 atom stereocenters. The molecule has 23 heavy (non-hydrogen) atoms. The van der Waals surface area contributed by atoms with E-state index in [1.165, 1.54) is 42.0 Å². The molecule has 0 aliphatic heterocycles. The molecule has 2 aromatic rings. The lowest BCUT2D eigenvalue weighted by atomic mass is 10.1. The molecule has 0 bridgehead atoms. The fourth-order valence-corrected chi connectivity index (χ4v) is 3.51. The van der Waals surface area contributed by atoms with Crippen LogP contribution in [0, 0.1) is 12.7 Å². The van der Waals surface area contributed by atoms with Crippen molar-refractivity contribution in [3.8, 4) is 0 Å². The van der Waals surface area contributed by atoms with Gasteiger partial charge in [-0.2, -0.15) is 0 Å². The first kappa shape index (κ1) is 16.2. The van der Waals surface area contributed by atoms with Gasteiger partial charge in [-0.15, -0.1) is 10.2 Å². The quantitative estimate of drug-likeness (QED) is 0.750. The summed E-state index contributed by atoms with van der Waals surface area (Å²) in [5.74, 6) is -0.0922. The number of nitrogens with one attached hydrogen (secondary N) is 2. The maximum absolute atomic E-state index is 13.4. The van der Waals surface area contributed by atoms with Gasteiger partial charge in [0.15, 0.2) is 4.34 Å². The topological polar surface area (TPSA) is 66.9 Å². The molecule has 1 aliphatic rings. The van der Waals surface area contributed by atoms with Gasteiger partial charge in [0.05, 0.1) is 5.75 Å². The van der Waals surface area contributed by atoms with Crippen molar-refractivity contribution in [2.75, 3.05) is 11.1 Å². The van der Waals surface area contributed by atoms with E-state index >= 15 is 0 Å². The van der Waals surface area contributed by atoms with Gasteiger partial charge in [0.1, 0.15) is 5.82 Å². The molecule has 1 saturated carbocycles. The van der Waals surface area contributed by atoms with Crippen LogP contribution in [0.4, 0.5) is 9.52 Å². The second-order valence-electron chi connectivity index (χ2n) is 5.44. The van der Waals surface area contributed by atoms with Crippen molar-refractivity contribution in [2.45, 2.75) is 36.7 Å². The zero-order valence-electron chi connectivity index (χ0n) is 12.6. The van der Waals surface area contributed by atoms with Crippen molar-refractivity contribution in [1.29, 1.82) is 0 Å². The van der Waals surface area contributed by atoms with Crippen LogP contribution in [0.2, 0.25) is 0 Å². The maximum Gasteiger partial charge on any atom is 0.230 e. The summed E-state index contributed by atoms with van der Waals surface area (Å²) in [5, 5.41) is 15.0. The van der Waals surface area contributed by atoms with Crippen LogP contribution in [0.3, 0.4) is 0 Å². The Balaban J connectivity index is 1.41. The van der Waals surface area contributed by atoms with Crippen LogP contribution in [0.5, 0.6) is 0 Å². The summed E-state index contributed by atoms with van der Waals surface area (Å²) in [6.07, 6.45) is 2.37. The zero-order valence-corrected chi connectivity index (χ0v) is 14.3. The Hall–Kier alpha value is -1.67. The third-order valence-corrected chi connectivity index (χ3v) is 5.35. The number of thioether (sulfide) groups is 1. The molecule has 2 N–H and O–H groups in total. The van der Waals surface area contributed by atoms with Crippen molar-refractivity contribution in [2.24, 2.45) is 0 Å². The Morgan fingerprint density at radius 1 is 1.43 bits per heavy atom. The highest BCUT2D eigenvalue weighted by molar-refractivity contribution is 8.01. The van der Waals surface area contributed by atoms with Crippen molar-refractivity contribution < 1.29 is 9.18 Å². The average molecular weight is 352 g/mol. The number of carbonyl (C=O) groups excluding carboxylic acids is 1. The summed E-state index contributed by atoms with van der Waals surface area (Å²) >= 11 is 2.82. The smallest absolute Gasteiger partial charge is 0.230 e. The Kier molecular flexibility index (Phi) is 5.12. The first-order valence-electron chi connectivity index (χ1n) is 7.35. The van der Waals surface area contributed by atoms with E-state index in [0.717, 1.165) is 15.0 Å². The largest absolute Gasteiger partial charge is 0.357 e. The SMILES string of the molecule is Cc1ccc(CNC(=O)CSc2nnc(NC3CC3)s2)cc1F. The number of hydrogen-bond donors (Lipinski definition) is 2. The minimum atomic E-state index is -0.254. The Morgan fingerprint density at radius 2 is 2.26 bits per heavy atom. The van der Waals surface area contributed by atoms with Crippen LogP contribution in [0.25, 0.3) is 0 Å². The van der Waals surface area contributed by atoms with Gasteiger partial charge in [-0.25, -0.2) is 4.39 Å². The van der Waals surface area contributed by atoms with Gasteiger partial charge in [0.2, 0.25) is 11.0 Å². The number of anilines is 1. The van der Waals surface area contributed by atoms with Gasteiger partial charge in [0.25, 0.3) is 0 Å². The van der Waals surface area contributed by atoms with E-state index in [-0.39, 0.29) is 17.5 Å². The van der Waals surface area contributed by atoms with Crippen LogP contribution >= 0.6 is 23.1 Å². The van der Waals surface area contributed by atoms with Gasteiger partial charge < -0.3 is 10.6 Å². The molecular weight excluding hydrogens is 335 g/mol. The summed E-state index contributed by atoms with van der Waals surface area (Å²) in [7, 11) is 0. The summed E-state index contributed by atoms with van der Waals surface area (Å²) < 4.78 is 14.2. The van der Waals surface area contributed by atoms with Gasteiger partial charge in [0, 0.05) is 12.6 Å². The second-order valence-corrected chi connectivity index (χ2v) is 7.64. The predicted molar refractivity (Wildman–Crippen MR) is 90.3 cm³/mol. The molecule has 1 heterocycles. The number of nitrogens with zero attached hydrogens (tertiary/aromatic N) is 2. The van der Waals surface area contributed by atoms with E-state index in [4.69, 9.17) is 0 Å². The molecule has 1 aromatic carbocycles. The van der Waals surface area contributed by atoms with E-state index in [1.54, 1.807) is 13.0 Å². The van der Waals surface area contributed by atoms with Crippen molar-refractivity contribution in [3.05, 3.63) is 35.1 Å². The first-order chi connectivity index (χ1) is 11.1. The van der Waals surface area contributed by atoms with Crippen LogP contribution in [0.15, 0.2) is 22.5 Å². The highest BCUT2D eigenvalue weighted by atomic mass is 32.2. The zero-order chi connectivity index (χ0) is 16.2. The molecule has 1 aromatic heterocycles. The summed E-state index contributed by atoms with van der Waals surface area (Å²) in [5.41, 5.74) is 1.35. The van der Waals surface area contributed by atoms with Crippen LogP contribution in [0.1, 0.15) is 24.0 Å². The first-order valence-corrected chi connectivity index (χ1v) is 9.15. The molecule has 0 unspecified atom stereocenters. The lowest BCUT2D eigenvalue weighted by Gasteiger charge is -2.05. The molecule has 0 saturated heterocycles. The third-order valence-electron chi connectivity index (χ3n) is 3.36. The molecular formula is C15H17FN4OS2. The van der Waals surface area contributed by atoms with E-state index in [2.05, 4.69) is 20.8 Å². The number of aryl methyl sites for hydroxylation is 1. The molecule has 0 spiro atoms. The Bertz CT molecular complexity index is 703. The van der Waals surface area contributed by atoms with E-state index in [9.17, 15) is 9.18 Å². The molecule has 8 heteroatoms. The Morgan fingerprint density at radius 3 is 3.00 bits per heavy atom. The number of carbonyl (C=O) groups is 1. The highest BCUT2D eigenvalue weighted by Gasteiger charge is 2.22. The van der Waals surface area contributed by atoms with Gasteiger partial charge >= 0.3 is 0 Å². The number of amides is 1. The molecule has 0 radical (unpaired) electrons. The third kappa shape index (κ3) is 4.90. The molecule has 1 amide bonds. The number of rotatable bonds is 7. The number of halogens is 1. The van der Waals surface area contributed by atoms with Crippen molar-refractivity contribution >= 4 is 34.1 Å². The maximum atomic E-state index is 13.4. The van der Waals surface area contributed by atoms with E-state index < -0.39 is 0 Å². The lowest BCUT2D eigenvalue weighted by molar-refractivity contribution is -0.118. The summed E-state index contributed by atoms with van der Waals surface area (Å²) in [6, 6.07) is 5.51. The average Bonchev–Trinajstić information content (AvgIpc) is 3.23. The number of benzene rings is 1. The van der Waals surface area contributed by atoms with Crippen LogP contribution in [-0.2, 0) is 11.3 Å². The minimum absolute atomic E-state index is 0.108. The van der Waals surface area contributed by atoms with Crippen molar-refractivity contribution in [3.63, 3.8) is 0 Å². The standard InChI is InChI=1S/C15H17FN4OS2/c1-9-2-3-10(6-12(9)16)7-17-13(21)8-22-15-20-19-14(23-15)18-11-4-5-11/h2-3,6,11H,4-5,7-8H2,1H3,(H,17,21)(H,18,19). The fourth-order valence-electron chi connectivity index (χ4n) is 1.85. The summed E-state index contributed by atoms with van der Waals surface area (Å²) in [6.45, 7) is 2.03. The normalized spacial score (nSPS) is 13.8. The minimum Gasteiger partial charge on any atom is -0.357 e. The molecule has 1 fully saturated rings. The van der Waals surface area contributed by atoms with Crippen LogP contribution < -0.4 is 10.6 Å². The molecule has 5 nitrogen and oxygen atoms in total. The molecule has 122 valence electrons. The van der Waals surface area contributed by atoms with E-state index in [1.807, 2.05) is 6.07 Å². The monoisotopic (exact) mass is 352 g/mol. The number of hydrogen-bond acceptors (Lipinski definition) is 6. The Labute approximate surface area is 142 Å². The number of aromatic nitrogens is 2. The molecule has 1 aliphatic carbocycles.